The molecule has 0 aromatic carbocycles. The number of nitrogens with zero attached hydrogens (tertiary/aromatic N) is 1. The molecular weight excluding hydrogens is 234 g/mol. The Balaban J connectivity index is 2.68. The Kier molecular flexibility index (Phi) is 5.19. The molecule has 1 aromatic rings. The molecule has 0 bridgehead atoms. The van der Waals surface area contributed by atoms with Crippen molar-refractivity contribution in [3.8, 4) is 0 Å². The summed E-state index contributed by atoms with van der Waals surface area (Å²) in [6, 6.07) is 4.33. The smallest absolute Gasteiger partial charge is 0.0963 e. The van der Waals surface area contributed by atoms with Gasteiger partial charge in [-0.3, -0.25) is 0 Å². The van der Waals surface area contributed by atoms with Crippen molar-refractivity contribution in [3.63, 3.8) is 0 Å². The lowest BCUT2D eigenvalue weighted by Crippen LogP contribution is -2.08. The van der Waals surface area contributed by atoms with Gasteiger partial charge in [-0.2, -0.15) is 11.8 Å². The average Bonchev–Trinajstić information content (AvgIpc) is 2.25. The van der Waals surface area contributed by atoms with Crippen LogP contribution in [0.1, 0.15) is 38.5 Å². The van der Waals surface area contributed by atoms with Gasteiger partial charge >= 0.3 is 0 Å². The van der Waals surface area contributed by atoms with Crippen LogP contribution in [0.2, 0.25) is 0 Å². The molecule has 0 saturated heterocycles. The first kappa shape index (κ1) is 13.9. The molecule has 0 saturated carbocycles. The zero-order chi connectivity index (χ0) is 12.2. The molecule has 0 aliphatic heterocycles. The number of hydrogen-bond donors (Lipinski definition) is 0. The minimum absolute atomic E-state index is 0.355. The molecule has 3 heteroatoms. The fraction of sp³-hybridized carbons (Fsp3) is 0.615. The third-order valence-electron chi connectivity index (χ3n) is 2.23. The van der Waals surface area contributed by atoms with Gasteiger partial charge in [0, 0.05) is 17.2 Å². The summed E-state index contributed by atoms with van der Waals surface area (Å²) in [4.78, 5) is 4.41. The Labute approximate surface area is 108 Å². The van der Waals surface area contributed by atoms with Gasteiger partial charge in [-0.1, -0.05) is 20.8 Å². The topological polar surface area (TPSA) is 12.9 Å². The van der Waals surface area contributed by atoms with Crippen LogP contribution in [-0.2, 0) is 0 Å². The van der Waals surface area contributed by atoms with E-state index in [4.69, 9.17) is 0 Å². The summed E-state index contributed by atoms with van der Waals surface area (Å²) in [5.41, 5.74) is 1.73. The first-order valence-corrected chi connectivity index (χ1v) is 7.81. The standard InChI is InChI=1S/C13H21NS2/c1-10(15-5)11-6-7-14-12(8-11)16-9-13(2,3)4/h6-8,10H,9H2,1-5H3. The van der Waals surface area contributed by atoms with Gasteiger partial charge in [-0.15, -0.1) is 11.8 Å². The lowest BCUT2D eigenvalue weighted by molar-refractivity contribution is 0.480. The van der Waals surface area contributed by atoms with Crippen molar-refractivity contribution in [3.05, 3.63) is 23.9 Å². The molecule has 1 aromatic heterocycles. The summed E-state index contributed by atoms with van der Waals surface area (Å²) in [5, 5.41) is 1.70. The summed E-state index contributed by atoms with van der Waals surface area (Å²) >= 11 is 3.72. The van der Waals surface area contributed by atoms with E-state index in [2.05, 4.69) is 51.1 Å². The highest BCUT2D eigenvalue weighted by atomic mass is 32.2. The number of rotatable bonds is 4. The van der Waals surface area contributed by atoms with E-state index in [1.165, 1.54) is 5.56 Å². The third kappa shape index (κ3) is 4.79. The van der Waals surface area contributed by atoms with E-state index in [0.29, 0.717) is 10.7 Å². The molecule has 1 atom stereocenters. The summed E-state index contributed by atoms with van der Waals surface area (Å²) in [7, 11) is 0. The second-order valence-electron chi connectivity index (χ2n) is 5.15. The third-order valence-corrected chi connectivity index (χ3v) is 4.74. The molecule has 0 spiro atoms. The van der Waals surface area contributed by atoms with Crippen LogP contribution >= 0.6 is 23.5 Å². The lowest BCUT2D eigenvalue weighted by Gasteiger charge is -2.17. The second kappa shape index (κ2) is 5.97. The maximum Gasteiger partial charge on any atom is 0.0963 e. The second-order valence-corrected chi connectivity index (χ2v) is 7.33. The number of hydrogen-bond acceptors (Lipinski definition) is 3. The highest BCUT2D eigenvalue weighted by molar-refractivity contribution is 7.99. The van der Waals surface area contributed by atoms with Crippen molar-refractivity contribution in [2.45, 2.75) is 38.0 Å². The molecule has 16 heavy (non-hydrogen) atoms. The van der Waals surface area contributed by atoms with E-state index in [-0.39, 0.29) is 0 Å². The van der Waals surface area contributed by atoms with Crippen molar-refractivity contribution >= 4 is 23.5 Å². The van der Waals surface area contributed by atoms with Crippen LogP contribution in [0.15, 0.2) is 23.4 Å². The Hall–Kier alpha value is -0.150. The lowest BCUT2D eigenvalue weighted by atomic mass is 10.0. The summed E-state index contributed by atoms with van der Waals surface area (Å²) in [6.07, 6.45) is 4.07. The number of thioether (sulfide) groups is 2. The summed E-state index contributed by atoms with van der Waals surface area (Å²) in [6.45, 7) is 9.01. The molecule has 1 nitrogen and oxygen atoms in total. The van der Waals surface area contributed by atoms with Gasteiger partial charge in [0.1, 0.15) is 0 Å². The summed E-state index contributed by atoms with van der Waals surface area (Å²) < 4.78 is 0. The molecule has 1 unspecified atom stereocenters. The molecule has 1 heterocycles. The van der Waals surface area contributed by atoms with Gasteiger partial charge in [0.2, 0.25) is 0 Å². The first-order chi connectivity index (χ1) is 7.42. The van der Waals surface area contributed by atoms with Gasteiger partial charge in [0.15, 0.2) is 0 Å². The van der Waals surface area contributed by atoms with E-state index < -0.39 is 0 Å². The maximum atomic E-state index is 4.41. The molecule has 0 aliphatic carbocycles. The van der Waals surface area contributed by atoms with E-state index in [0.717, 1.165) is 10.8 Å². The molecule has 1 rings (SSSR count). The van der Waals surface area contributed by atoms with Crippen LogP contribution in [0.25, 0.3) is 0 Å². The molecule has 0 N–H and O–H groups in total. The van der Waals surface area contributed by atoms with E-state index in [1.807, 2.05) is 29.7 Å². The van der Waals surface area contributed by atoms with Crippen molar-refractivity contribution in [1.29, 1.82) is 0 Å². The van der Waals surface area contributed by atoms with Gasteiger partial charge in [0.25, 0.3) is 0 Å². The van der Waals surface area contributed by atoms with Crippen LogP contribution in [0.3, 0.4) is 0 Å². The average molecular weight is 255 g/mol. The molecule has 0 aliphatic rings. The van der Waals surface area contributed by atoms with Gasteiger partial charge in [0.05, 0.1) is 5.03 Å². The fourth-order valence-corrected chi connectivity index (χ4v) is 2.54. The van der Waals surface area contributed by atoms with Crippen molar-refractivity contribution in [2.24, 2.45) is 5.41 Å². The predicted molar refractivity (Wildman–Crippen MR) is 76.3 cm³/mol. The SMILES string of the molecule is CSC(C)c1ccnc(SCC(C)(C)C)c1. The molecule has 0 fully saturated rings. The van der Waals surface area contributed by atoms with Crippen molar-refractivity contribution in [2.75, 3.05) is 12.0 Å². The Morgan fingerprint density at radius 2 is 2.06 bits per heavy atom. The Morgan fingerprint density at radius 3 is 2.62 bits per heavy atom. The van der Waals surface area contributed by atoms with E-state index in [1.54, 1.807) is 0 Å². The maximum absolute atomic E-state index is 4.41. The van der Waals surface area contributed by atoms with Gasteiger partial charge < -0.3 is 0 Å². The minimum Gasteiger partial charge on any atom is -0.250 e. The summed E-state index contributed by atoms with van der Waals surface area (Å²) in [5.74, 6) is 1.11. The fourth-order valence-electron chi connectivity index (χ4n) is 1.18. The molecule has 90 valence electrons. The van der Waals surface area contributed by atoms with Gasteiger partial charge in [-0.05, 0) is 36.3 Å². The molecule has 0 amide bonds. The normalized spacial score (nSPS) is 13.8. The largest absolute Gasteiger partial charge is 0.250 e. The number of pyridine rings is 1. The van der Waals surface area contributed by atoms with E-state index in [9.17, 15) is 0 Å². The van der Waals surface area contributed by atoms with Crippen molar-refractivity contribution in [1.82, 2.24) is 4.98 Å². The zero-order valence-corrected chi connectivity index (χ0v) is 12.4. The van der Waals surface area contributed by atoms with Crippen LogP contribution in [-0.4, -0.2) is 17.0 Å². The minimum atomic E-state index is 0.355. The Morgan fingerprint density at radius 1 is 1.38 bits per heavy atom. The first-order valence-electron chi connectivity index (χ1n) is 5.54. The quantitative estimate of drug-likeness (QED) is 0.727. The monoisotopic (exact) mass is 255 g/mol. The highest BCUT2D eigenvalue weighted by Gasteiger charge is 2.12. The van der Waals surface area contributed by atoms with Crippen LogP contribution in [0, 0.1) is 5.41 Å². The number of aromatic nitrogens is 1. The van der Waals surface area contributed by atoms with Crippen LogP contribution < -0.4 is 0 Å². The van der Waals surface area contributed by atoms with Crippen LogP contribution in [0.5, 0.6) is 0 Å². The zero-order valence-electron chi connectivity index (χ0n) is 10.8. The molecule has 0 radical (unpaired) electrons. The van der Waals surface area contributed by atoms with Gasteiger partial charge in [-0.25, -0.2) is 4.98 Å². The predicted octanol–water partition coefficient (Wildman–Crippen LogP) is 4.64. The van der Waals surface area contributed by atoms with E-state index >= 15 is 0 Å². The van der Waals surface area contributed by atoms with Crippen LogP contribution in [0.4, 0.5) is 0 Å². The van der Waals surface area contributed by atoms with Crippen molar-refractivity contribution < 1.29 is 0 Å². The molecular formula is C13H21NS2. The Bertz CT molecular complexity index is 331. The highest BCUT2D eigenvalue weighted by Crippen LogP contribution is 2.30.